The summed E-state index contributed by atoms with van der Waals surface area (Å²) in [7, 11) is 0. The van der Waals surface area contributed by atoms with Crippen molar-refractivity contribution in [2.24, 2.45) is 0 Å². The molecule has 0 bridgehead atoms. The van der Waals surface area contributed by atoms with Gasteiger partial charge < -0.3 is 0 Å². The second-order valence-electron chi connectivity index (χ2n) is 7.81. The third-order valence-corrected chi connectivity index (χ3v) is 14.3. The molecule has 0 saturated carbocycles. The lowest BCUT2D eigenvalue weighted by Gasteiger charge is -1.89. The summed E-state index contributed by atoms with van der Waals surface area (Å²) < 4.78 is 5.64. The second kappa shape index (κ2) is 10.1. The minimum atomic E-state index is 1.38. The van der Waals surface area contributed by atoms with Crippen LogP contribution in [0.25, 0.3) is 57.8 Å². The Kier molecular flexibility index (Phi) is 6.53. The molecule has 8 aromatic rings. The van der Waals surface area contributed by atoms with E-state index >= 15 is 0 Å². The maximum atomic E-state index is 2.33. The van der Waals surface area contributed by atoms with Gasteiger partial charge in [0.15, 0.2) is 0 Å². The average molecular weight is 609 g/mol. The van der Waals surface area contributed by atoms with E-state index in [0.29, 0.717) is 0 Å². The summed E-state index contributed by atoms with van der Waals surface area (Å²) >= 11 is 14.8. The van der Waals surface area contributed by atoms with Gasteiger partial charge in [0.25, 0.3) is 0 Å². The molecule has 0 aliphatic carbocycles. The van der Waals surface area contributed by atoms with Crippen LogP contribution in [-0.4, -0.2) is 0 Å². The summed E-state index contributed by atoms with van der Waals surface area (Å²) in [6, 6.07) is 26.6. The van der Waals surface area contributed by atoms with Gasteiger partial charge in [-0.3, -0.25) is 0 Å². The molecule has 0 unspecified atom stereocenters. The fourth-order valence-electron chi connectivity index (χ4n) is 3.83. The molecule has 0 fully saturated rings. The highest BCUT2D eigenvalue weighted by Crippen LogP contribution is 2.44. The van der Waals surface area contributed by atoms with Gasteiger partial charge in [-0.05, 0) is 70.1 Å². The van der Waals surface area contributed by atoms with Crippen molar-refractivity contribution in [3.05, 3.63) is 94.3 Å². The van der Waals surface area contributed by atoms with Crippen molar-refractivity contribution in [2.75, 3.05) is 0 Å². The zero-order valence-corrected chi connectivity index (χ0v) is 25.0. The molecule has 0 amide bonds. The molecule has 8 aromatic heterocycles. The fraction of sp³-hybridized carbons (Fsp3) is 0. The maximum Gasteiger partial charge on any atom is 0.0464 e. The van der Waals surface area contributed by atoms with E-state index in [0.717, 1.165) is 0 Å². The van der Waals surface area contributed by atoms with Crippen LogP contribution in [0.4, 0.5) is 0 Å². The molecule has 0 saturated heterocycles. The van der Waals surface area contributed by atoms with Crippen LogP contribution < -0.4 is 0 Å². The molecule has 0 spiro atoms. The van der Waals surface area contributed by atoms with Gasteiger partial charge in [0.1, 0.15) is 0 Å². The molecule has 0 atom stereocenters. The monoisotopic (exact) mass is 608 g/mol. The Bertz CT molecular complexity index is 1490. The first-order chi connectivity index (χ1) is 17.8. The van der Waals surface area contributed by atoms with Crippen molar-refractivity contribution in [3.63, 3.8) is 0 Å². The van der Waals surface area contributed by atoms with E-state index in [1.165, 1.54) is 57.8 Å². The molecule has 176 valence electrons. The zero-order valence-electron chi connectivity index (χ0n) is 18.5. The lowest BCUT2D eigenvalue weighted by Crippen LogP contribution is -1.59. The van der Waals surface area contributed by atoms with Crippen molar-refractivity contribution in [2.45, 2.75) is 0 Å². The molecule has 0 aromatic carbocycles. The van der Waals surface area contributed by atoms with E-state index < -0.39 is 0 Å². The SMILES string of the molecule is c1csc(-c2cc3sc(-c4cccs4)cc3s2)c1.c1csc(-c2cc3sc(-c4cccs4)cc3s2)c1. The van der Waals surface area contributed by atoms with E-state index in [1.54, 1.807) is 0 Å². The maximum absolute atomic E-state index is 2.33. The van der Waals surface area contributed by atoms with Crippen LogP contribution in [0.5, 0.6) is 0 Å². The highest BCUT2D eigenvalue weighted by atomic mass is 32.1. The molecule has 36 heavy (non-hydrogen) atoms. The number of hydrogen-bond donors (Lipinski definition) is 0. The molecule has 0 N–H and O–H groups in total. The quantitative estimate of drug-likeness (QED) is 0.186. The Morgan fingerprint density at radius 3 is 0.750 bits per heavy atom. The summed E-state index contributed by atoms with van der Waals surface area (Å²) in [6.45, 7) is 0. The first-order valence-electron chi connectivity index (χ1n) is 11.0. The Labute approximate surface area is 240 Å². The Balaban J connectivity index is 0.000000122. The largest absolute Gasteiger partial charge is 0.143 e. The van der Waals surface area contributed by atoms with Gasteiger partial charge in [-0.2, -0.15) is 0 Å². The van der Waals surface area contributed by atoms with E-state index in [-0.39, 0.29) is 0 Å². The highest BCUT2D eigenvalue weighted by Gasteiger charge is 2.11. The second-order valence-corrected chi connectivity index (χ2v) is 15.9. The Morgan fingerprint density at radius 1 is 0.306 bits per heavy atom. The van der Waals surface area contributed by atoms with E-state index in [4.69, 9.17) is 0 Å². The van der Waals surface area contributed by atoms with E-state index in [1.807, 2.05) is 90.7 Å². The normalized spacial score (nSPS) is 11.3. The predicted molar refractivity (Wildman–Crippen MR) is 173 cm³/mol. The molecule has 8 rings (SSSR count). The van der Waals surface area contributed by atoms with Gasteiger partial charge in [0.2, 0.25) is 0 Å². The first-order valence-corrected chi connectivity index (χ1v) is 17.8. The lowest BCUT2D eigenvalue weighted by molar-refractivity contribution is 1.97. The summed E-state index contributed by atoms with van der Waals surface area (Å²) in [5.41, 5.74) is 0. The highest BCUT2D eigenvalue weighted by molar-refractivity contribution is 7.34. The van der Waals surface area contributed by atoms with E-state index in [2.05, 4.69) is 94.3 Å². The molecule has 0 radical (unpaired) electrons. The van der Waals surface area contributed by atoms with Crippen molar-refractivity contribution < 1.29 is 0 Å². The molecule has 8 heterocycles. The van der Waals surface area contributed by atoms with Crippen molar-refractivity contribution in [1.29, 1.82) is 0 Å². The van der Waals surface area contributed by atoms with Crippen LogP contribution in [0.2, 0.25) is 0 Å². The van der Waals surface area contributed by atoms with Gasteiger partial charge in [0, 0.05) is 57.8 Å². The smallest absolute Gasteiger partial charge is 0.0464 e. The third kappa shape index (κ3) is 4.61. The molecule has 0 nitrogen and oxygen atoms in total. The summed E-state index contributed by atoms with van der Waals surface area (Å²) in [4.78, 5) is 11.1. The Hall–Kier alpha value is -1.88. The lowest BCUT2D eigenvalue weighted by atomic mass is 10.3. The number of thiophene rings is 8. The van der Waals surface area contributed by atoms with Gasteiger partial charge in [-0.1, -0.05) is 24.3 Å². The van der Waals surface area contributed by atoms with Gasteiger partial charge in [-0.15, -0.1) is 90.7 Å². The van der Waals surface area contributed by atoms with Crippen molar-refractivity contribution in [1.82, 2.24) is 0 Å². The van der Waals surface area contributed by atoms with Crippen molar-refractivity contribution in [3.8, 4) is 39.0 Å². The van der Waals surface area contributed by atoms with Crippen LogP contribution in [0.15, 0.2) is 94.3 Å². The average Bonchev–Trinajstić information content (AvgIpc) is 3.72. The molecule has 0 aliphatic rings. The van der Waals surface area contributed by atoms with Gasteiger partial charge >= 0.3 is 0 Å². The first kappa shape index (κ1) is 23.3. The minimum absolute atomic E-state index is 1.38. The van der Waals surface area contributed by atoms with Crippen LogP contribution in [0.3, 0.4) is 0 Å². The Morgan fingerprint density at radius 2 is 0.556 bits per heavy atom. The zero-order chi connectivity index (χ0) is 23.9. The van der Waals surface area contributed by atoms with E-state index in [9.17, 15) is 0 Å². The van der Waals surface area contributed by atoms with Gasteiger partial charge in [0.05, 0.1) is 0 Å². The van der Waals surface area contributed by atoms with Crippen molar-refractivity contribution >= 4 is 109 Å². The van der Waals surface area contributed by atoms with Gasteiger partial charge in [-0.25, -0.2) is 0 Å². The minimum Gasteiger partial charge on any atom is -0.143 e. The number of hydrogen-bond acceptors (Lipinski definition) is 8. The summed E-state index contributed by atoms with van der Waals surface area (Å²) in [5, 5.41) is 8.56. The number of rotatable bonds is 4. The number of fused-ring (bicyclic) bond motifs is 2. The molecule has 0 aliphatic heterocycles. The predicted octanol–water partition coefficient (Wildman–Crippen LogP) is 12.8. The standard InChI is InChI=1S/2C14H8S4/c2*1-3-9(15-5-1)11-7-13-14(17-11)8-12(18-13)10-4-2-6-16-10/h2*1-8H. The third-order valence-electron chi connectivity index (χ3n) is 5.47. The summed E-state index contributed by atoms with van der Waals surface area (Å²) in [5.74, 6) is 0. The summed E-state index contributed by atoms with van der Waals surface area (Å²) in [6.07, 6.45) is 0. The topological polar surface area (TPSA) is 0 Å². The van der Waals surface area contributed by atoms with Crippen LogP contribution in [0, 0.1) is 0 Å². The van der Waals surface area contributed by atoms with Crippen LogP contribution in [0.1, 0.15) is 0 Å². The fourth-order valence-corrected chi connectivity index (χ4v) is 11.9. The molecule has 8 heteroatoms. The molecular formula is C28H16S8. The van der Waals surface area contributed by atoms with Crippen LogP contribution >= 0.6 is 90.7 Å². The molecular weight excluding hydrogens is 593 g/mol. The van der Waals surface area contributed by atoms with Crippen LogP contribution in [-0.2, 0) is 0 Å².